The molecule has 6 heteroatoms. The number of piperazine rings is 1. The highest BCUT2D eigenvalue weighted by Crippen LogP contribution is 2.30. The lowest BCUT2D eigenvalue weighted by molar-refractivity contribution is 0.191. The number of nitrogens with zero attached hydrogens (tertiary/aromatic N) is 2. The van der Waals surface area contributed by atoms with E-state index in [9.17, 15) is 4.79 Å². The molecule has 1 heterocycles. The lowest BCUT2D eigenvalue weighted by Crippen LogP contribution is -2.52. The molecule has 1 saturated heterocycles. The van der Waals surface area contributed by atoms with Crippen molar-refractivity contribution in [3.63, 3.8) is 0 Å². The second-order valence-electron chi connectivity index (χ2n) is 6.60. The van der Waals surface area contributed by atoms with Crippen LogP contribution in [0, 0.1) is 0 Å². The van der Waals surface area contributed by atoms with Gasteiger partial charge in [-0.1, -0.05) is 24.3 Å². The van der Waals surface area contributed by atoms with E-state index in [1.165, 1.54) is 5.69 Å². The van der Waals surface area contributed by atoms with Gasteiger partial charge in [-0.25, -0.2) is 4.79 Å². The number of ether oxygens (including phenoxy) is 2. The lowest BCUT2D eigenvalue weighted by Gasteiger charge is -2.36. The van der Waals surface area contributed by atoms with Crippen LogP contribution in [0.2, 0.25) is 0 Å². The number of urea groups is 1. The Labute approximate surface area is 160 Å². The molecule has 2 aromatic carbocycles. The number of carbonyl (C=O) groups excluding carboxylic acids is 1. The fraction of sp³-hybridized carbons (Fsp3) is 0.381. The largest absolute Gasteiger partial charge is 0.493 e. The molecule has 27 heavy (non-hydrogen) atoms. The molecule has 0 saturated carbocycles. The second kappa shape index (κ2) is 8.66. The van der Waals surface area contributed by atoms with Crippen LogP contribution in [0.15, 0.2) is 48.5 Å². The normalized spacial score (nSPS) is 15.2. The number of methoxy groups -OCH3 is 2. The molecule has 0 aliphatic carbocycles. The number of rotatable bonds is 5. The molecule has 1 aliphatic heterocycles. The molecule has 1 aliphatic rings. The van der Waals surface area contributed by atoms with Crippen LogP contribution in [-0.2, 0) is 0 Å². The number of anilines is 1. The molecule has 2 amide bonds. The van der Waals surface area contributed by atoms with Gasteiger partial charge in [0.25, 0.3) is 0 Å². The molecule has 0 aromatic heterocycles. The van der Waals surface area contributed by atoms with E-state index in [-0.39, 0.29) is 12.1 Å². The smallest absolute Gasteiger partial charge is 0.317 e. The number of amides is 2. The Kier molecular flexibility index (Phi) is 6.06. The average Bonchev–Trinajstić information content (AvgIpc) is 2.73. The van der Waals surface area contributed by atoms with Crippen LogP contribution >= 0.6 is 0 Å². The number of hydrogen-bond donors (Lipinski definition) is 1. The van der Waals surface area contributed by atoms with Crippen molar-refractivity contribution in [1.82, 2.24) is 10.2 Å². The standard InChI is InChI=1S/C21H27N3O3/c1-16(17-9-10-19(26-2)20(15-17)27-3)22-21(25)24-13-11-23(12-14-24)18-7-5-4-6-8-18/h4-10,15-16H,11-14H2,1-3H3,(H,22,25). The summed E-state index contributed by atoms with van der Waals surface area (Å²) >= 11 is 0. The average molecular weight is 369 g/mol. The highest BCUT2D eigenvalue weighted by molar-refractivity contribution is 5.75. The predicted octanol–water partition coefficient (Wildman–Crippen LogP) is 3.30. The Bertz CT molecular complexity index is 759. The first-order valence-electron chi connectivity index (χ1n) is 9.19. The van der Waals surface area contributed by atoms with E-state index in [4.69, 9.17) is 9.47 Å². The summed E-state index contributed by atoms with van der Waals surface area (Å²) in [6.45, 7) is 5.06. The van der Waals surface area contributed by atoms with Crippen molar-refractivity contribution in [3.05, 3.63) is 54.1 Å². The number of benzene rings is 2. The minimum absolute atomic E-state index is 0.0370. The zero-order valence-electron chi connectivity index (χ0n) is 16.1. The van der Waals surface area contributed by atoms with Crippen LogP contribution in [0.25, 0.3) is 0 Å². The van der Waals surface area contributed by atoms with Gasteiger partial charge in [-0.3, -0.25) is 0 Å². The first kappa shape index (κ1) is 18.9. The molecule has 0 bridgehead atoms. The van der Waals surface area contributed by atoms with Gasteiger partial charge < -0.3 is 24.6 Å². The molecule has 6 nitrogen and oxygen atoms in total. The van der Waals surface area contributed by atoms with E-state index in [2.05, 4.69) is 22.3 Å². The van der Waals surface area contributed by atoms with E-state index >= 15 is 0 Å². The van der Waals surface area contributed by atoms with E-state index < -0.39 is 0 Å². The molecular formula is C21H27N3O3. The third-order valence-electron chi connectivity index (χ3n) is 4.94. The molecule has 0 radical (unpaired) electrons. The molecule has 1 atom stereocenters. The fourth-order valence-corrected chi connectivity index (χ4v) is 3.29. The number of para-hydroxylation sites is 1. The summed E-state index contributed by atoms with van der Waals surface area (Å²) in [6.07, 6.45) is 0. The highest BCUT2D eigenvalue weighted by Gasteiger charge is 2.22. The Hall–Kier alpha value is -2.89. The molecule has 3 rings (SSSR count). The first-order valence-corrected chi connectivity index (χ1v) is 9.19. The molecule has 1 fully saturated rings. The van der Waals surface area contributed by atoms with Gasteiger partial charge in [0.2, 0.25) is 0 Å². The lowest BCUT2D eigenvalue weighted by atomic mass is 10.1. The first-order chi connectivity index (χ1) is 13.1. The predicted molar refractivity (Wildman–Crippen MR) is 107 cm³/mol. The SMILES string of the molecule is COc1ccc(C(C)NC(=O)N2CCN(c3ccccc3)CC2)cc1OC. The van der Waals surface area contributed by atoms with Gasteiger partial charge >= 0.3 is 6.03 Å². The summed E-state index contributed by atoms with van der Waals surface area (Å²) in [7, 11) is 3.22. The van der Waals surface area contributed by atoms with Gasteiger partial charge in [0.15, 0.2) is 11.5 Å². The van der Waals surface area contributed by atoms with Crippen molar-refractivity contribution < 1.29 is 14.3 Å². The summed E-state index contributed by atoms with van der Waals surface area (Å²) in [5.41, 5.74) is 2.18. The van der Waals surface area contributed by atoms with E-state index in [0.29, 0.717) is 24.6 Å². The van der Waals surface area contributed by atoms with Gasteiger partial charge in [0.05, 0.1) is 20.3 Å². The summed E-state index contributed by atoms with van der Waals surface area (Å²) in [5, 5.41) is 3.08. The molecule has 1 unspecified atom stereocenters. The number of nitrogens with one attached hydrogen (secondary N) is 1. The quantitative estimate of drug-likeness (QED) is 0.879. The van der Waals surface area contributed by atoms with Crippen LogP contribution in [-0.4, -0.2) is 51.3 Å². The van der Waals surface area contributed by atoms with Crippen molar-refractivity contribution in [3.8, 4) is 11.5 Å². The minimum Gasteiger partial charge on any atom is -0.493 e. The van der Waals surface area contributed by atoms with Crippen molar-refractivity contribution in [1.29, 1.82) is 0 Å². The number of hydrogen-bond acceptors (Lipinski definition) is 4. The van der Waals surface area contributed by atoms with Gasteiger partial charge in [0.1, 0.15) is 0 Å². The van der Waals surface area contributed by atoms with Crippen LogP contribution in [0.3, 0.4) is 0 Å². The summed E-state index contributed by atoms with van der Waals surface area (Å²) in [6, 6.07) is 15.9. The second-order valence-corrected chi connectivity index (χ2v) is 6.60. The topological polar surface area (TPSA) is 54.0 Å². The van der Waals surface area contributed by atoms with Crippen LogP contribution < -0.4 is 19.7 Å². The molecule has 0 spiro atoms. The van der Waals surface area contributed by atoms with E-state index in [1.807, 2.05) is 48.2 Å². The highest BCUT2D eigenvalue weighted by atomic mass is 16.5. The molecule has 144 valence electrons. The fourth-order valence-electron chi connectivity index (χ4n) is 3.29. The Morgan fingerprint density at radius 2 is 1.63 bits per heavy atom. The summed E-state index contributed by atoms with van der Waals surface area (Å²) in [5.74, 6) is 1.34. The maximum atomic E-state index is 12.6. The van der Waals surface area contributed by atoms with Crippen molar-refractivity contribution in [2.75, 3.05) is 45.3 Å². The third-order valence-corrected chi connectivity index (χ3v) is 4.94. The monoisotopic (exact) mass is 369 g/mol. The van der Waals surface area contributed by atoms with Gasteiger partial charge in [-0.2, -0.15) is 0 Å². The maximum Gasteiger partial charge on any atom is 0.317 e. The van der Waals surface area contributed by atoms with Crippen LogP contribution in [0.5, 0.6) is 11.5 Å². The van der Waals surface area contributed by atoms with Crippen molar-refractivity contribution >= 4 is 11.7 Å². The Morgan fingerprint density at radius 1 is 0.963 bits per heavy atom. The van der Waals surface area contributed by atoms with Crippen molar-refractivity contribution in [2.24, 2.45) is 0 Å². The minimum atomic E-state index is -0.121. The van der Waals surface area contributed by atoms with Gasteiger partial charge in [0, 0.05) is 31.9 Å². The van der Waals surface area contributed by atoms with Crippen molar-refractivity contribution in [2.45, 2.75) is 13.0 Å². The molecule has 1 N–H and O–H groups in total. The zero-order valence-corrected chi connectivity index (χ0v) is 16.1. The molecular weight excluding hydrogens is 342 g/mol. The van der Waals surface area contributed by atoms with Crippen LogP contribution in [0.4, 0.5) is 10.5 Å². The summed E-state index contributed by atoms with van der Waals surface area (Å²) in [4.78, 5) is 16.8. The maximum absolute atomic E-state index is 12.6. The van der Waals surface area contributed by atoms with Crippen LogP contribution in [0.1, 0.15) is 18.5 Å². The molecule has 2 aromatic rings. The van der Waals surface area contributed by atoms with E-state index in [0.717, 1.165) is 18.7 Å². The van der Waals surface area contributed by atoms with Gasteiger partial charge in [-0.05, 0) is 36.8 Å². The third kappa shape index (κ3) is 4.45. The summed E-state index contributed by atoms with van der Waals surface area (Å²) < 4.78 is 10.6. The van der Waals surface area contributed by atoms with Gasteiger partial charge in [-0.15, -0.1) is 0 Å². The number of carbonyl (C=O) groups is 1. The van der Waals surface area contributed by atoms with E-state index in [1.54, 1.807) is 14.2 Å². The zero-order chi connectivity index (χ0) is 19.2. The Morgan fingerprint density at radius 3 is 2.26 bits per heavy atom. The Balaban J connectivity index is 1.56.